The molecule has 0 aromatic heterocycles. The Balaban J connectivity index is 1.89. The number of nitrogens with zero attached hydrogens (tertiary/aromatic N) is 1. The Bertz CT molecular complexity index is 577. The summed E-state index contributed by atoms with van der Waals surface area (Å²) in [6.45, 7) is 1.29. The fourth-order valence-electron chi connectivity index (χ4n) is 2.78. The summed E-state index contributed by atoms with van der Waals surface area (Å²) >= 11 is 5.57. The van der Waals surface area contributed by atoms with Gasteiger partial charge in [0.25, 0.3) is 0 Å². The van der Waals surface area contributed by atoms with Crippen LogP contribution in [0.2, 0.25) is 0 Å². The van der Waals surface area contributed by atoms with Gasteiger partial charge in [-0.2, -0.15) is 0 Å². The fraction of sp³-hybridized carbons (Fsp3) is 0.222. The van der Waals surface area contributed by atoms with Crippen LogP contribution in [-0.2, 0) is 0 Å². The van der Waals surface area contributed by atoms with Crippen LogP contribution in [0.4, 0.5) is 4.39 Å². The fourth-order valence-corrected chi connectivity index (χ4v) is 2.97. The SMILES string of the molecule is FC(CCl)=C1CN(C(c2ccccc2)c2ccccc2)C1. The first-order chi connectivity index (χ1) is 10.3. The third-order valence-electron chi connectivity index (χ3n) is 3.88. The largest absolute Gasteiger partial charge is 0.284 e. The molecule has 0 spiro atoms. The second kappa shape index (κ2) is 6.42. The van der Waals surface area contributed by atoms with Crippen molar-refractivity contribution in [3.05, 3.63) is 83.2 Å². The summed E-state index contributed by atoms with van der Waals surface area (Å²) in [5.41, 5.74) is 3.28. The van der Waals surface area contributed by atoms with Gasteiger partial charge in [0.05, 0.1) is 11.9 Å². The first-order valence-corrected chi connectivity index (χ1v) is 7.59. The van der Waals surface area contributed by atoms with E-state index in [1.807, 2.05) is 36.4 Å². The molecule has 0 N–H and O–H groups in total. The van der Waals surface area contributed by atoms with Gasteiger partial charge in [-0.15, -0.1) is 11.6 Å². The maximum absolute atomic E-state index is 13.5. The quantitative estimate of drug-likeness (QED) is 0.749. The van der Waals surface area contributed by atoms with Crippen LogP contribution in [0.5, 0.6) is 0 Å². The van der Waals surface area contributed by atoms with Crippen molar-refractivity contribution < 1.29 is 4.39 Å². The maximum Gasteiger partial charge on any atom is 0.116 e. The number of hydrogen-bond donors (Lipinski definition) is 0. The van der Waals surface area contributed by atoms with Gasteiger partial charge < -0.3 is 0 Å². The van der Waals surface area contributed by atoms with Crippen LogP contribution >= 0.6 is 11.6 Å². The van der Waals surface area contributed by atoms with Crippen LogP contribution in [0.3, 0.4) is 0 Å². The minimum Gasteiger partial charge on any atom is -0.284 e. The molecule has 1 heterocycles. The lowest BCUT2D eigenvalue weighted by Gasteiger charge is -2.41. The lowest BCUT2D eigenvalue weighted by atomic mass is 9.93. The molecule has 0 radical (unpaired) electrons. The van der Waals surface area contributed by atoms with E-state index in [0.29, 0.717) is 13.1 Å². The summed E-state index contributed by atoms with van der Waals surface area (Å²) in [5, 5.41) is 0. The highest BCUT2D eigenvalue weighted by atomic mass is 35.5. The van der Waals surface area contributed by atoms with Crippen LogP contribution in [0.25, 0.3) is 0 Å². The number of rotatable bonds is 4. The van der Waals surface area contributed by atoms with E-state index in [9.17, 15) is 4.39 Å². The lowest BCUT2D eigenvalue weighted by molar-refractivity contribution is 0.196. The van der Waals surface area contributed by atoms with Crippen molar-refractivity contribution in [1.82, 2.24) is 4.90 Å². The van der Waals surface area contributed by atoms with Crippen molar-refractivity contribution in [2.75, 3.05) is 19.0 Å². The highest BCUT2D eigenvalue weighted by molar-refractivity contribution is 6.19. The van der Waals surface area contributed by atoms with E-state index in [1.165, 1.54) is 11.1 Å². The third kappa shape index (κ3) is 3.02. The van der Waals surface area contributed by atoms with Gasteiger partial charge in [-0.05, 0) is 16.7 Å². The predicted molar refractivity (Wildman–Crippen MR) is 85.2 cm³/mol. The Hall–Kier alpha value is -1.64. The second-order valence-corrected chi connectivity index (χ2v) is 5.54. The number of allylic oxidation sites excluding steroid dienone is 1. The molecule has 1 nitrogen and oxygen atoms in total. The molecule has 0 saturated carbocycles. The molecule has 2 aromatic rings. The van der Waals surface area contributed by atoms with E-state index in [2.05, 4.69) is 29.2 Å². The first kappa shape index (κ1) is 14.3. The van der Waals surface area contributed by atoms with Gasteiger partial charge in [0.15, 0.2) is 0 Å². The predicted octanol–water partition coefficient (Wildman–Crippen LogP) is 4.55. The molecule has 3 heteroatoms. The topological polar surface area (TPSA) is 3.24 Å². The molecule has 1 fully saturated rings. The summed E-state index contributed by atoms with van der Waals surface area (Å²) in [6.07, 6.45) is 0. The molecule has 1 aliphatic rings. The molecule has 1 aliphatic heterocycles. The normalized spacial score (nSPS) is 15.1. The monoisotopic (exact) mass is 301 g/mol. The summed E-state index contributed by atoms with van der Waals surface area (Å²) < 4.78 is 13.5. The zero-order valence-electron chi connectivity index (χ0n) is 11.7. The van der Waals surface area contributed by atoms with E-state index in [1.54, 1.807) is 0 Å². The van der Waals surface area contributed by atoms with Crippen molar-refractivity contribution in [1.29, 1.82) is 0 Å². The van der Waals surface area contributed by atoms with Crippen LogP contribution in [0.1, 0.15) is 17.2 Å². The maximum atomic E-state index is 13.5. The molecule has 3 rings (SSSR count). The van der Waals surface area contributed by atoms with Gasteiger partial charge in [-0.1, -0.05) is 60.7 Å². The van der Waals surface area contributed by atoms with Gasteiger partial charge >= 0.3 is 0 Å². The molecule has 21 heavy (non-hydrogen) atoms. The smallest absolute Gasteiger partial charge is 0.116 e. The summed E-state index contributed by atoms with van der Waals surface area (Å²) in [6, 6.07) is 20.9. The summed E-state index contributed by atoms with van der Waals surface area (Å²) in [7, 11) is 0. The van der Waals surface area contributed by atoms with Gasteiger partial charge in [-0.3, -0.25) is 4.90 Å². The number of likely N-dealkylation sites (tertiary alicyclic amines) is 1. The van der Waals surface area contributed by atoms with Gasteiger partial charge in [0, 0.05) is 13.1 Å². The van der Waals surface area contributed by atoms with Gasteiger partial charge in [0.1, 0.15) is 5.83 Å². The molecule has 108 valence electrons. The van der Waals surface area contributed by atoms with Crippen LogP contribution in [0, 0.1) is 0 Å². The number of benzene rings is 2. The summed E-state index contributed by atoms with van der Waals surface area (Å²) in [5.74, 6) is -0.197. The van der Waals surface area contributed by atoms with Gasteiger partial charge in [0.2, 0.25) is 0 Å². The zero-order chi connectivity index (χ0) is 14.7. The lowest BCUT2D eigenvalue weighted by Crippen LogP contribution is -2.43. The Labute approximate surface area is 129 Å². The number of alkyl halides is 1. The molecular weight excluding hydrogens is 285 g/mol. The minimum absolute atomic E-state index is 0.0233. The van der Waals surface area contributed by atoms with E-state index in [4.69, 9.17) is 11.6 Å². The van der Waals surface area contributed by atoms with Crippen LogP contribution in [-0.4, -0.2) is 23.9 Å². The second-order valence-electron chi connectivity index (χ2n) is 5.27. The Morgan fingerprint density at radius 3 is 1.86 bits per heavy atom. The molecule has 0 bridgehead atoms. The van der Waals surface area contributed by atoms with Crippen LogP contribution < -0.4 is 0 Å². The van der Waals surface area contributed by atoms with E-state index < -0.39 is 0 Å². The molecule has 1 saturated heterocycles. The molecule has 0 atom stereocenters. The van der Waals surface area contributed by atoms with Gasteiger partial charge in [-0.25, -0.2) is 4.39 Å². The van der Waals surface area contributed by atoms with Crippen molar-refractivity contribution in [3.63, 3.8) is 0 Å². The number of halogens is 2. The summed E-state index contributed by atoms with van der Waals surface area (Å²) in [4.78, 5) is 2.27. The highest BCUT2D eigenvalue weighted by Gasteiger charge is 2.31. The third-order valence-corrected chi connectivity index (χ3v) is 4.12. The molecule has 0 amide bonds. The standard InChI is InChI=1S/C18H17ClFN/c19-11-17(20)16-12-21(13-16)18(14-7-3-1-4-8-14)15-9-5-2-6-10-15/h1-10,18H,11-13H2. The minimum atomic E-state index is -0.173. The van der Waals surface area contributed by atoms with Crippen LogP contribution in [0.15, 0.2) is 72.1 Å². The van der Waals surface area contributed by atoms with E-state index >= 15 is 0 Å². The molecular formula is C18H17ClFN. The Morgan fingerprint density at radius 1 is 0.952 bits per heavy atom. The van der Waals surface area contributed by atoms with Crippen molar-refractivity contribution >= 4 is 11.6 Å². The Morgan fingerprint density at radius 2 is 1.43 bits per heavy atom. The molecule has 0 unspecified atom stereocenters. The van der Waals surface area contributed by atoms with Crippen molar-refractivity contribution in [2.24, 2.45) is 0 Å². The molecule has 2 aromatic carbocycles. The first-order valence-electron chi connectivity index (χ1n) is 7.06. The average molecular weight is 302 g/mol. The van der Waals surface area contributed by atoms with E-state index in [-0.39, 0.29) is 17.7 Å². The zero-order valence-corrected chi connectivity index (χ0v) is 12.4. The average Bonchev–Trinajstić information content (AvgIpc) is 2.51. The van der Waals surface area contributed by atoms with E-state index in [0.717, 1.165) is 5.57 Å². The van der Waals surface area contributed by atoms with Crippen molar-refractivity contribution in [2.45, 2.75) is 6.04 Å². The highest BCUT2D eigenvalue weighted by Crippen LogP contribution is 2.35. The Kier molecular flexibility index (Phi) is 4.37. The molecule has 0 aliphatic carbocycles. The van der Waals surface area contributed by atoms with Crippen molar-refractivity contribution in [3.8, 4) is 0 Å². The number of hydrogen-bond acceptors (Lipinski definition) is 1.